The zero-order chi connectivity index (χ0) is 16.4. The third-order valence-corrected chi connectivity index (χ3v) is 5.82. The summed E-state index contributed by atoms with van der Waals surface area (Å²) < 4.78 is 0. The second kappa shape index (κ2) is 6.67. The van der Waals surface area contributed by atoms with Crippen molar-refractivity contribution in [2.75, 3.05) is 13.1 Å². The molecule has 5 N–H and O–H groups in total. The maximum Gasteiger partial charge on any atom is 0.315 e. The smallest absolute Gasteiger partial charge is 0.315 e. The third-order valence-electron chi connectivity index (χ3n) is 5.82. The van der Waals surface area contributed by atoms with Crippen molar-refractivity contribution in [3.05, 3.63) is 0 Å². The van der Waals surface area contributed by atoms with E-state index in [1.54, 1.807) is 0 Å². The first-order chi connectivity index (χ1) is 11.0. The monoisotopic (exact) mass is 322 g/mol. The van der Waals surface area contributed by atoms with E-state index in [9.17, 15) is 9.59 Å². The minimum Gasteiger partial charge on any atom is -0.352 e. The molecule has 3 amide bonds. The molecule has 6 nitrogen and oxygen atoms in total. The van der Waals surface area contributed by atoms with Crippen LogP contribution in [0.5, 0.6) is 0 Å². The first-order valence-electron chi connectivity index (χ1n) is 9.03. The minimum absolute atomic E-state index is 0.0230. The highest BCUT2D eigenvalue weighted by Crippen LogP contribution is 2.55. The largest absolute Gasteiger partial charge is 0.352 e. The molecule has 0 aliphatic heterocycles. The average Bonchev–Trinajstić information content (AvgIpc) is 2.44. The highest BCUT2D eigenvalue weighted by molar-refractivity contribution is 5.78. The fourth-order valence-corrected chi connectivity index (χ4v) is 5.24. The molecule has 0 aromatic rings. The van der Waals surface area contributed by atoms with Crippen molar-refractivity contribution in [2.24, 2.45) is 23.5 Å². The van der Waals surface area contributed by atoms with Gasteiger partial charge in [-0.3, -0.25) is 4.79 Å². The number of hydrogen-bond donors (Lipinski definition) is 4. The minimum atomic E-state index is -0.119. The Balaban J connectivity index is 1.41. The van der Waals surface area contributed by atoms with Gasteiger partial charge in [-0.1, -0.05) is 0 Å². The number of carbonyl (C=O) groups is 2. The van der Waals surface area contributed by atoms with Crippen molar-refractivity contribution in [3.8, 4) is 0 Å². The molecule has 0 aromatic carbocycles. The molecular weight excluding hydrogens is 292 g/mol. The lowest BCUT2D eigenvalue weighted by atomic mass is 9.53. The molecule has 4 fully saturated rings. The van der Waals surface area contributed by atoms with E-state index < -0.39 is 0 Å². The van der Waals surface area contributed by atoms with Gasteiger partial charge in [0.15, 0.2) is 0 Å². The summed E-state index contributed by atoms with van der Waals surface area (Å²) in [5.74, 6) is 2.36. The highest BCUT2D eigenvalue weighted by Gasteiger charge is 2.51. The number of carbonyl (C=O) groups excluding carboxylic acids is 2. The summed E-state index contributed by atoms with van der Waals surface area (Å²) >= 11 is 0. The van der Waals surface area contributed by atoms with Crippen LogP contribution in [-0.2, 0) is 4.79 Å². The van der Waals surface area contributed by atoms with Crippen LogP contribution < -0.4 is 21.7 Å². The first-order valence-corrected chi connectivity index (χ1v) is 9.03. The SMILES string of the molecule is C[C@@H](CN)NC(=O)CCNC(=O)NC12CC3CC(CC(C3)C1)C2. The number of nitrogens with one attached hydrogen (secondary N) is 3. The summed E-state index contributed by atoms with van der Waals surface area (Å²) in [5.41, 5.74) is 5.49. The molecule has 6 heteroatoms. The quantitative estimate of drug-likeness (QED) is 0.590. The number of rotatable bonds is 6. The first kappa shape index (κ1) is 16.6. The molecule has 0 spiro atoms. The van der Waals surface area contributed by atoms with E-state index in [0.29, 0.717) is 19.5 Å². The van der Waals surface area contributed by atoms with Crippen LogP contribution in [0.3, 0.4) is 0 Å². The Labute approximate surface area is 138 Å². The molecular formula is C17H30N4O2. The van der Waals surface area contributed by atoms with Crippen molar-refractivity contribution in [1.29, 1.82) is 0 Å². The lowest BCUT2D eigenvalue weighted by Crippen LogP contribution is -2.61. The van der Waals surface area contributed by atoms with Gasteiger partial charge in [-0.15, -0.1) is 0 Å². The lowest BCUT2D eigenvalue weighted by Gasteiger charge is -2.56. The molecule has 0 radical (unpaired) electrons. The second-order valence-electron chi connectivity index (χ2n) is 8.03. The van der Waals surface area contributed by atoms with Gasteiger partial charge in [-0.2, -0.15) is 0 Å². The topological polar surface area (TPSA) is 96.2 Å². The van der Waals surface area contributed by atoms with Crippen molar-refractivity contribution >= 4 is 11.9 Å². The Morgan fingerprint density at radius 2 is 1.70 bits per heavy atom. The van der Waals surface area contributed by atoms with Gasteiger partial charge in [0.05, 0.1) is 0 Å². The Bertz CT molecular complexity index is 430. The highest BCUT2D eigenvalue weighted by atomic mass is 16.2. The van der Waals surface area contributed by atoms with Crippen LogP contribution >= 0.6 is 0 Å². The Hall–Kier alpha value is -1.30. The van der Waals surface area contributed by atoms with E-state index in [1.807, 2.05) is 6.92 Å². The van der Waals surface area contributed by atoms with Crippen molar-refractivity contribution in [1.82, 2.24) is 16.0 Å². The van der Waals surface area contributed by atoms with Gasteiger partial charge in [0.1, 0.15) is 0 Å². The van der Waals surface area contributed by atoms with Gasteiger partial charge in [-0.05, 0) is 63.2 Å². The molecule has 4 bridgehead atoms. The molecule has 4 aliphatic rings. The molecule has 1 atom stereocenters. The zero-order valence-electron chi connectivity index (χ0n) is 14.1. The number of amides is 3. The summed E-state index contributed by atoms with van der Waals surface area (Å²) in [6.07, 6.45) is 7.80. The van der Waals surface area contributed by atoms with Crippen LogP contribution in [0.25, 0.3) is 0 Å². The number of urea groups is 1. The van der Waals surface area contributed by atoms with E-state index in [0.717, 1.165) is 37.0 Å². The van der Waals surface area contributed by atoms with Crippen molar-refractivity contribution in [2.45, 2.75) is 63.5 Å². The Morgan fingerprint density at radius 3 is 2.22 bits per heavy atom. The van der Waals surface area contributed by atoms with Gasteiger partial charge < -0.3 is 21.7 Å². The van der Waals surface area contributed by atoms with Crippen LogP contribution in [0.15, 0.2) is 0 Å². The van der Waals surface area contributed by atoms with Crippen LogP contribution in [0, 0.1) is 17.8 Å². The van der Waals surface area contributed by atoms with Gasteiger partial charge in [-0.25, -0.2) is 4.79 Å². The maximum atomic E-state index is 12.2. The molecule has 0 unspecified atom stereocenters. The van der Waals surface area contributed by atoms with Crippen LogP contribution in [0.2, 0.25) is 0 Å². The molecule has 4 saturated carbocycles. The molecule has 4 rings (SSSR count). The van der Waals surface area contributed by atoms with E-state index in [-0.39, 0.29) is 23.5 Å². The van der Waals surface area contributed by atoms with Gasteiger partial charge in [0.2, 0.25) is 5.91 Å². The Morgan fingerprint density at radius 1 is 1.13 bits per heavy atom. The van der Waals surface area contributed by atoms with Crippen LogP contribution in [0.1, 0.15) is 51.9 Å². The summed E-state index contributed by atoms with van der Waals surface area (Å²) in [4.78, 5) is 23.9. The standard InChI is InChI=1S/C17H30N4O2/c1-11(10-18)20-15(22)2-3-19-16(23)21-17-7-12-4-13(8-17)6-14(5-12)9-17/h11-14H,2-10,18H2,1H3,(H,20,22)(H2,19,21,23)/t11-,12?,13?,14?,17?/m0/s1. The number of nitrogens with two attached hydrogens (primary N) is 1. The molecule has 0 aromatic heterocycles. The fraction of sp³-hybridized carbons (Fsp3) is 0.882. The Kier molecular flexibility index (Phi) is 4.80. The predicted molar refractivity (Wildman–Crippen MR) is 88.7 cm³/mol. The van der Waals surface area contributed by atoms with E-state index in [2.05, 4.69) is 16.0 Å². The van der Waals surface area contributed by atoms with Gasteiger partial charge in [0, 0.05) is 31.1 Å². The van der Waals surface area contributed by atoms with E-state index >= 15 is 0 Å². The summed E-state index contributed by atoms with van der Waals surface area (Å²) in [6.45, 7) is 2.65. The number of hydrogen-bond acceptors (Lipinski definition) is 3. The van der Waals surface area contributed by atoms with Gasteiger partial charge in [0.25, 0.3) is 0 Å². The van der Waals surface area contributed by atoms with Gasteiger partial charge >= 0.3 is 6.03 Å². The average molecular weight is 322 g/mol. The maximum absolute atomic E-state index is 12.2. The van der Waals surface area contributed by atoms with Crippen LogP contribution in [0.4, 0.5) is 4.79 Å². The zero-order valence-corrected chi connectivity index (χ0v) is 14.1. The van der Waals surface area contributed by atoms with E-state index in [1.165, 1.54) is 19.3 Å². The summed E-state index contributed by atoms with van der Waals surface area (Å²) in [5, 5.41) is 8.88. The van der Waals surface area contributed by atoms with Crippen molar-refractivity contribution < 1.29 is 9.59 Å². The molecule has 23 heavy (non-hydrogen) atoms. The van der Waals surface area contributed by atoms with Crippen molar-refractivity contribution in [3.63, 3.8) is 0 Å². The lowest BCUT2D eigenvalue weighted by molar-refractivity contribution is -0.121. The fourth-order valence-electron chi connectivity index (χ4n) is 5.24. The summed E-state index contributed by atoms with van der Waals surface area (Å²) in [6, 6.07) is -0.144. The predicted octanol–water partition coefficient (Wildman–Crippen LogP) is 1.11. The molecule has 0 heterocycles. The van der Waals surface area contributed by atoms with E-state index in [4.69, 9.17) is 5.73 Å². The molecule has 130 valence electrons. The second-order valence-corrected chi connectivity index (χ2v) is 8.03. The molecule has 0 saturated heterocycles. The normalized spacial score (nSPS) is 35.7. The molecule has 4 aliphatic carbocycles. The van der Waals surface area contributed by atoms with Crippen LogP contribution in [-0.4, -0.2) is 36.6 Å². The third kappa shape index (κ3) is 3.97. The summed E-state index contributed by atoms with van der Waals surface area (Å²) in [7, 11) is 0.